The molecule has 1 aromatic heterocycles. The van der Waals surface area contributed by atoms with Gasteiger partial charge in [-0.25, -0.2) is 4.68 Å². The van der Waals surface area contributed by atoms with Crippen LogP contribution in [-0.2, 0) is 22.4 Å². The normalized spacial score (nSPS) is 21.6. The molecule has 160 valence electrons. The third kappa shape index (κ3) is 3.64. The van der Waals surface area contributed by atoms with Crippen molar-refractivity contribution in [3.63, 3.8) is 0 Å². The van der Waals surface area contributed by atoms with Gasteiger partial charge in [0.15, 0.2) is 12.0 Å². The fourth-order valence-corrected chi connectivity index (χ4v) is 4.42. The molecule has 2 aliphatic heterocycles. The number of benzene rings is 1. The minimum Gasteiger partial charge on any atom is -0.350 e. The average Bonchev–Trinajstić information content (AvgIpc) is 3.66. The van der Waals surface area contributed by atoms with Crippen LogP contribution in [0.5, 0.6) is 0 Å². The molecule has 0 bridgehead atoms. The Kier molecular flexibility index (Phi) is 4.41. The molecule has 7 nitrogen and oxygen atoms in total. The van der Waals surface area contributed by atoms with Crippen LogP contribution in [0.1, 0.15) is 52.9 Å². The van der Waals surface area contributed by atoms with Crippen LogP contribution in [0.15, 0.2) is 18.3 Å². The van der Waals surface area contributed by atoms with Gasteiger partial charge in [0.05, 0.1) is 31.6 Å². The number of carbonyl (C=O) groups is 1. The molecule has 3 heterocycles. The maximum absolute atomic E-state index is 13.3. The Bertz CT molecular complexity index is 1090. The smallest absolute Gasteiger partial charge is 0.280 e. The van der Waals surface area contributed by atoms with Crippen molar-refractivity contribution in [2.45, 2.75) is 51.9 Å². The van der Waals surface area contributed by atoms with Crippen molar-refractivity contribution in [3.05, 3.63) is 40.7 Å². The average molecular weight is 418 g/mol. The number of anilines is 1. The predicted octanol–water partition coefficient (Wildman–Crippen LogP) is 2.70. The van der Waals surface area contributed by atoms with Crippen LogP contribution >= 0.6 is 0 Å². The molecule has 1 aromatic carbocycles. The van der Waals surface area contributed by atoms with Gasteiger partial charge >= 0.3 is 0 Å². The van der Waals surface area contributed by atoms with Gasteiger partial charge in [0.25, 0.3) is 5.91 Å². The summed E-state index contributed by atoms with van der Waals surface area (Å²) in [5, 5.41) is 8.29. The lowest BCUT2D eigenvalue weighted by atomic mass is 10.0. The number of aromatic nitrogens is 3. The molecule has 0 N–H and O–H groups in total. The van der Waals surface area contributed by atoms with E-state index in [9.17, 15) is 4.79 Å². The molecule has 0 radical (unpaired) electrons. The third-order valence-corrected chi connectivity index (χ3v) is 6.78. The Morgan fingerprint density at radius 2 is 2.06 bits per heavy atom. The molecule has 2 aromatic rings. The lowest BCUT2D eigenvalue weighted by Crippen LogP contribution is -2.36. The highest BCUT2D eigenvalue weighted by molar-refractivity contribution is 6.06. The molecule has 6 rings (SSSR count). The molecular formula is C24H26N4O3. The van der Waals surface area contributed by atoms with Crippen LogP contribution in [0.25, 0.3) is 0 Å². The van der Waals surface area contributed by atoms with Crippen LogP contribution in [0.2, 0.25) is 0 Å². The molecule has 4 aliphatic rings. The van der Waals surface area contributed by atoms with Gasteiger partial charge in [-0.05, 0) is 56.2 Å². The van der Waals surface area contributed by atoms with Crippen molar-refractivity contribution in [2.75, 3.05) is 24.7 Å². The minimum atomic E-state index is -0.335. The summed E-state index contributed by atoms with van der Waals surface area (Å²) in [6.45, 7) is 4.61. The van der Waals surface area contributed by atoms with E-state index in [2.05, 4.69) is 34.3 Å². The molecule has 31 heavy (non-hydrogen) atoms. The summed E-state index contributed by atoms with van der Waals surface area (Å²) in [6, 6.07) is 4.15. The number of nitrogens with zero attached hydrogens (tertiary/aromatic N) is 4. The topological polar surface area (TPSA) is 69.5 Å². The zero-order valence-corrected chi connectivity index (χ0v) is 17.8. The molecule has 3 fully saturated rings. The maximum Gasteiger partial charge on any atom is 0.280 e. The number of amides is 1. The number of ether oxygens (including phenoxy) is 2. The predicted molar refractivity (Wildman–Crippen MR) is 114 cm³/mol. The lowest BCUT2D eigenvalue weighted by Gasteiger charge is -2.29. The molecule has 0 atom stereocenters. The van der Waals surface area contributed by atoms with E-state index in [0.717, 1.165) is 36.4 Å². The van der Waals surface area contributed by atoms with E-state index in [4.69, 9.17) is 9.47 Å². The van der Waals surface area contributed by atoms with Gasteiger partial charge in [0.2, 0.25) is 0 Å². The Balaban J connectivity index is 1.18. The van der Waals surface area contributed by atoms with Gasteiger partial charge in [0.1, 0.15) is 0 Å². The van der Waals surface area contributed by atoms with E-state index in [1.165, 1.54) is 31.2 Å². The number of rotatable bonds is 3. The highest BCUT2D eigenvalue weighted by Crippen LogP contribution is 2.48. The van der Waals surface area contributed by atoms with Gasteiger partial charge in [-0.15, -0.1) is 5.10 Å². The quantitative estimate of drug-likeness (QED) is 0.717. The van der Waals surface area contributed by atoms with Crippen LogP contribution < -0.4 is 4.90 Å². The molecular weight excluding hydrogens is 392 g/mol. The van der Waals surface area contributed by atoms with Crippen LogP contribution in [0.4, 0.5) is 5.69 Å². The fraction of sp³-hybridized carbons (Fsp3) is 0.542. The fourth-order valence-electron chi connectivity index (χ4n) is 4.42. The molecule has 2 aliphatic carbocycles. The van der Waals surface area contributed by atoms with Gasteiger partial charge in [0, 0.05) is 23.4 Å². The van der Waals surface area contributed by atoms with Crippen LogP contribution in [0.3, 0.4) is 0 Å². The number of hydrogen-bond acceptors (Lipinski definition) is 5. The number of carbonyl (C=O) groups excluding carboxylic acids is 1. The Hall–Kier alpha value is -2.69. The van der Waals surface area contributed by atoms with Crippen molar-refractivity contribution in [1.82, 2.24) is 15.0 Å². The van der Waals surface area contributed by atoms with Gasteiger partial charge in [-0.3, -0.25) is 4.79 Å². The van der Waals surface area contributed by atoms with Gasteiger partial charge < -0.3 is 14.4 Å². The van der Waals surface area contributed by atoms with Crippen molar-refractivity contribution in [1.29, 1.82) is 0 Å². The number of aryl methyl sites for hydroxylation is 1. The van der Waals surface area contributed by atoms with E-state index < -0.39 is 0 Å². The molecule has 1 amide bonds. The standard InChI is InChI=1S/C24H26N4O3/c1-16-2-6-18(7-5-17-3-4-17)19-8-11-28(22(16)19)23(29)20-12-27(26-25-20)13-21-30-14-24(9-10-24)15-31-21/h2,6,12,17,21H,3-4,8-11,13-15H2,1H3. The Labute approximate surface area is 181 Å². The largest absolute Gasteiger partial charge is 0.350 e. The van der Waals surface area contributed by atoms with Crippen molar-refractivity contribution >= 4 is 11.6 Å². The van der Waals surface area contributed by atoms with Gasteiger partial charge in [-0.2, -0.15) is 0 Å². The number of hydrogen-bond donors (Lipinski definition) is 0. The summed E-state index contributed by atoms with van der Waals surface area (Å²) in [4.78, 5) is 15.1. The second-order valence-corrected chi connectivity index (χ2v) is 9.38. The van der Waals surface area contributed by atoms with E-state index in [-0.39, 0.29) is 17.6 Å². The highest BCUT2D eigenvalue weighted by Gasteiger charge is 2.47. The summed E-state index contributed by atoms with van der Waals surface area (Å²) in [5.74, 6) is 7.12. The zero-order chi connectivity index (χ0) is 21.0. The zero-order valence-electron chi connectivity index (χ0n) is 17.8. The molecule has 2 saturated carbocycles. The first kappa shape index (κ1) is 19.0. The first-order chi connectivity index (χ1) is 15.1. The maximum atomic E-state index is 13.3. The summed E-state index contributed by atoms with van der Waals surface area (Å²) < 4.78 is 13.3. The highest BCUT2D eigenvalue weighted by atomic mass is 16.7. The first-order valence-electron chi connectivity index (χ1n) is 11.2. The summed E-state index contributed by atoms with van der Waals surface area (Å²) in [7, 11) is 0. The van der Waals surface area contributed by atoms with Crippen LogP contribution in [0, 0.1) is 30.1 Å². The van der Waals surface area contributed by atoms with Crippen LogP contribution in [-0.4, -0.2) is 46.9 Å². The van der Waals surface area contributed by atoms with E-state index in [1.54, 1.807) is 10.9 Å². The number of fused-ring (bicyclic) bond motifs is 1. The molecule has 1 spiro atoms. The van der Waals surface area contributed by atoms with Gasteiger partial charge in [-0.1, -0.05) is 23.1 Å². The molecule has 1 saturated heterocycles. The third-order valence-electron chi connectivity index (χ3n) is 6.78. The van der Waals surface area contributed by atoms with Crippen molar-refractivity contribution < 1.29 is 14.3 Å². The molecule has 7 heteroatoms. The Morgan fingerprint density at radius 3 is 2.81 bits per heavy atom. The van der Waals surface area contributed by atoms with Crippen molar-refractivity contribution in [2.24, 2.45) is 11.3 Å². The Morgan fingerprint density at radius 1 is 1.26 bits per heavy atom. The lowest BCUT2D eigenvalue weighted by molar-refractivity contribution is -0.213. The van der Waals surface area contributed by atoms with E-state index in [0.29, 0.717) is 24.7 Å². The van der Waals surface area contributed by atoms with E-state index >= 15 is 0 Å². The first-order valence-corrected chi connectivity index (χ1v) is 11.2. The SMILES string of the molecule is Cc1ccc(C#CC2CC2)c2c1N(C(=O)c1cn(CC3OCC4(CC4)CO3)nn1)CC2. The minimum absolute atomic E-state index is 0.122. The second kappa shape index (κ2) is 7.18. The summed E-state index contributed by atoms with van der Waals surface area (Å²) >= 11 is 0. The second-order valence-electron chi connectivity index (χ2n) is 9.38. The summed E-state index contributed by atoms with van der Waals surface area (Å²) in [5.41, 5.74) is 4.90. The monoisotopic (exact) mass is 418 g/mol. The molecule has 0 unspecified atom stereocenters. The van der Waals surface area contributed by atoms with E-state index in [1.807, 2.05) is 11.8 Å². The van der Waals surface area contributed by atoms with Crippen molar-refractivity contribution in [3.8, 4) is 11.8 Å². The summed E-state index contributed by atoms with van der Waals surface area (Å²) in [6.07, 6.45) is 6.97.